The number of fused-ring (bicyclic) bond motifs is 1. The highest BCUT2D eigenvalue weighted by Gasteiger charge is 2.26. The number of carbonyl (C=O) groups is 1. The van der Waals surface area contributed by atoms with Crippen LogP contribution >= 0.6 is 11.6 Å². The lowest BCUT2D eigenvalue weighted by Gasteiger charge is -2.24. The number of terminal acetylenes is 1. The molecule has 9 nitrogen and oxygen atoms in total. The highest BCUT2D eigenvalue weighted by molar-refractivity contribution is 6.28. The molecule has 164 valence electrons. The summed E-state index contributed by atoms with van der Waals surface area (Å²) in [5.41, 5.74) is 6.27. The number of anilines is 1. The van der Waals surface area contributed by atoms with Gasteiger partial charge in [0.25, 0.3) is 0 Å². The van der Waals surface area contributed by atoms with Gasteiger partial charge in [0.15, 0.2) is 5.60 Å². The number of hydrogen-bond donors (Lipinski definition) is 3. The summed E-state index contributed by atoms with van der Waals surface area (Å²) in [6, 6.07) is 11.0. The Bertz CT molecular complexity index is 1050. The van der Waals surface area contributed by atoms with Gasteiger partial charge in [-0.1, -0.05) is 36.3 Å². The molecule has 3 aromatic rings. The van der Waals surface area contributed by atoms with Crippen molar-refractivity contribution >= 4 is 34.6 Å². The molecule has 0 amide bonds. The molecule has 2 aromatic heterocycles. The van der Waals surface area contributed by atoms with E-state index >= 15 is 0 Å². The third-order valence-electron chi connectivity index (χ3n) is 4.49. The van der Waals surface area contributed by atoms with E-state index in [1.807, 2.05) is 47.2 Å². The molecule has 0 aliphatic rings. The second-order valence-electron chi connectivity index (χ2n) is 6.42. The van der Waals surface area contributed by atoms with Crippen LogP contribution in [0.4, 0.5) is 10.6 Å². The summed E-state index contributed by atoms with van der Waals surface area (Å²) in [5.74, 6) is 2.81. The van der Waals surface area contributed by atoms with Crippen molar-refractivity contribution in [1.29, 1.82) is 0 Å². The zero-order valence-corrected chi connectivity index (χ0v) is 17.6. The summed E-state index contributed by atoms with van der Waals surface area (Å²) in [6.07, 6.45) is 6.43. The molecule has 3 rings (SSSR count). The first-order chi connectivity index (χ1) is 14.8. The molecule has 0 saturated carbocycles. The fourth-order valence-electron chi connectivity index (χ4n) is 2.68. The first kappa shape index (κ1) is 24.0. The van der Waals surface area contributed by atoms with E-state index in [9.17, 15) is 9.90 Å². The number of nitrogens with two attached hydrogens (primary N) is 1. The summed E-state index contributed by atoms with van der Waals surface area (Å²) in [5, 5.41) is 18.3. The van der Waals surface area contributed by atoms with E-state index in [0.29, 0.717) is 24.4 Å². The molecule has 31 heavy (non-hydrogen) atoms. The zero-order valence-electron chi connectivity index (χ0n) is 16.9. The lowest BCUT2D eigenvalue weighted by atomic mass is 10.0. The minimum Gasteiger partial charge on any atom is -0.450 e. The van der Waals surface area contributed by atoms with Crippen molar-refractivity contribution in [2.45, 2.75) is 25.2 Å². The molecule has 1 unspecified atom stereocenters. The molecule has 0 aliphatic carbocycles. The second kappa shape index (κ2) is 11.2. The van der Waals surface area contributed by atoms with Crippen LogP contribution in [0.25, 0.3) is 11.0 Å². The Labute approximate surface area is 184 Å². The zero-order chi connectivity index (χ0) is 22.9. The fourth-order valence-corrected chi connectivity index (χ4v) is 2.86. The number of aryl methyl sites for hydroxylation is 1. The highest BCUT2D eigenvalue weighted by atomic mass is 35.5. The van der Waals surface area contributed by atoms with Crippen molar-refractivity contribution in [3.63, 3.8) is 0 Å². The van der Waals surface area contributed by atoms with Gasteiger partial charge in [-0.15, -0.1) is 6.42 Å². The second-order valence-corrected chi connectivity index (χ2v) is 6.75. The topological polar surface area (TPSA) is 133 Å². The number of aromatic nitrogens is 3. The predicted molar refractivity (Wildman–Crippen MR) is 116 cm³/mol. The van der Waals surface area contributed by atoms with Crippen LogP contribution in [-0.4, -0.2) is 50.2 Å². The van der Waals surface area contributed by atoms with E-state index < -0.39 is 11.8 Å². The quantitative estimate of drug-likeness (QED) is 0.286. The summed E-state index contributed by atoms with van der Waals surface area (Å²) >= 11 is 5.81. The Kier molecular flexibility index (Phi) is 8.63. The van der Waals surface area contributed by atoms with Crippen LogP contribution < -0.4 is 5.73 Å². The largest absolute Gasteiger partial charge is 0.506 e. The summed E-state index contributed by atoms with van der Waals surface area (Å²) in [7, 11) is 1.47. The number of carboxylic acid groups (broad SMARTS) is 1. The van der Waals surface area contributed by atoms with E-state index in [0.717, 1.165) is 10.9 Å². The molecule has 2 heterocycles. The molecule has 0 aliphatic heterocycles. The van der Waals surface area contributed by atoms with Gasteiger partial charge in [0.1, 0.15) is 18.1 Å². The molecule has 1 aromatic carbocycles. The van der Waals surface area contributed by atoms with Crippen LogP contribution in [0.15, 0.2) is 42.6 Å². The smallest absolute Gasteiger partial charge is 0.450 e. The lowest BCUT2D eigenvalue weighted by molar-refractivity contribution is -0.0147. The number of ether oxygens (including phenoxy) is 2. The maximum absolute atomic E-state index is 9.95. The Balaban J connectivity index is 0.000000262. The number of rotatable bonds is 7. The SMILES string of the molecule is C#CC(CO)(CCn1ccc2c(N)nc(Cl)nc21)OC.O=C(O)OCc1ccccc1. The summed E-state index contributed by atoms with van der Waals surface area (Å²) in [6.45, 7) is 0.377. The monoisotopic (exact) mass is 446 g/mol. The van der Waals surface area contributed by atoms with Crippen LogP contribution in [-0.2, 0) is 22.6 Å². The van der Waals surface area contributed by atoms with Crippen molar-refractivity contribution in [3.8, 4) is 12.3 Å². The van der Waals surface area contributed by atoms with Crippen molar-refractivity contribution < 1.29 is 24.5 Å². The van der Waals surface area contributed by atoms with Gasteiger partial charge < -0.3 is 30.0 Å². The number of halogens is 1. The van der Waals surface area contributed by atoms with Gasteiger partial charge in [0, 0.05) is 26.3 Å². The minimum atomic E-state index is -1.24. The van der Waals surface area contributed by atoms with Crippen LogP contribution in [0.2, 0.25) is 5.28 Å². The lowest BCUT2D eigenvalue weighted by Crippen LogP contribution is -2.35. The average Bonchev–Trinajstić information content (AvgIpc) is 3.18. The van der Waals surface area contributed by atoms with E-state index in [2.05, 4.69) is 20.6 Å². The first-order valence-electron chi connectivity index (χ1n) is 9.15. The number of aliphatic hydroxyl groups excluding tert-OH is 1. The first-order valence-corrected chi connectivity index (χ1v) is 9.53. The van der Waals surface area contributed by atoms with Gasteiger partial charge >= 0.3 is 6.16 Å². The predicted octanol–water partition coefficient (Wildman–Crippen LogP) is 2.95. The number of nitrogen functional groups attached to an aromatic ring is 1. The number of aliphatic hydroxyl groups is 1. The maximum atomic E-state index is 9.95. The molecule has 4 N–H and O–H groups in total. The normalized spacial score (nSPS) is 12.3. The maximum Gasteiger partial charge on any atom is 0.506 e. The molecule has 0 fully saturated rings. The molecular weight excluding hydrogens is 424 g/mol. The van der Waals surface area contributed by atoms with E-state index in [1.165, 1.54) is 7.11 Å². The number of benzene rings is 1. The van der Waals surface area contributed by atoms with Crippen LogP contribution in [0.5, 0.6) is 0 Å². The summed E-state index contributed by atoms with van der Waals surface area (Å²) in [4.78, 5) is 18.0. The van der Waals surface area contributed by atoms with Gasteiger partial charge in [-0.3, -0.25) is 0 Å². The van der Waals surface area contributed by atoms with Gasteiger partial charge in [0.2, 0.25) is 5.28 Å². The molecule has 0 bridgehead atoms. The molecule has 0 radical (unpaired) electrons. The van der Waals surface area contributed by atoms with E-state index in [-0.39, 0.29) is 18.5 Å². The summed E-state index contributed by atoms with van der Waals surface area (Å²) < 4.78 is 11.4. The van der Waals surface area contributed by atoms with Gasteiger partial charge in [-0.05, 0) is 23.2 Å². The third-order valence-corrected chi connectivity index (χ3v) is 4.66. The number of hydrogen-bond acceptors (Lipinski definition) is 7. The van der Waals surface area contributed by atoms with Crippen molar-refractivity contribution in [2.75, 3.05) is 19.5 Å². The van der Waals surface area contributed by atoms with Crippen LogP contribution in [0, 0.1) is 12.3 Å². The third kappa shape index (κ3) is 6.58. The van der Waals surface area contributed by atoms with Crippen molar-refractivity contribution in [1.82, 2.24) is 14.5 Å². The Morgan fingerprint density at radius 2 is 2.03 bits per heavy atom. The van der Waals surface area contributed by atoms with Crippen molar-refractivity contribution in [2.24, 2.45) is 0 Å². The van der Waals surface area contributed by atoms with E-state index in [1.54, 1.807) is 0 Å². The Morgan fingerprint density at radius 1 is 1.32 bits per heavy atom. The van der Waals surface area contributed by atoms with Gasteiger partial charge in [-0.2, -0.15) is 4.98 Å². The van der Waals surface area contributed by atoms with Gasteiger partial charge in [-0.25, -0.2) is 9.78 Å². The number of methoxy groups -OCH3 is 1. The average molecular weight is 447 g/mol. The standard InChI is InChI=1S/C13H15ClN4O2.C8H8O3/c1-3-13(8-19,20-2)5-7-18-6-4-9-10(15)16-12(14)17-11(9)18;9-8(10)11-6-7-4-2-1-3-5-7/h1,4,6,19H,5,7-8H2,2H3,(H2,15,16,17);1-5H,6H2,(H,9,10). The molecule has 10 heteroatoms. The fraction of sp³-hybridized carbons (Fsp3) is 0.286. The van der Waals surface area contributed by atoms with Crippen LogP contribution in [0.3, 0.4) is 0 Å². The minimum absolute atomic E-state index is 0.0899. The molecule has 1 atom stereocenters. The number of nitrogens with zero attached hydrogens (tertiary/aromatic N) is 3. The molecule has 0 saturated heterocycles. The Hall–Kier alpha value is -3.32. The molecular formula is C21H23ClN4O5. The van der Waals surface area contributed by atoms with E-state index in [4.69, 9.17) is 33.6 Å². The Morgan fingerprint density at radius 3 is 2.61 bits per heavy atom. The van der Waals surface area contributed by atoms with Gasteiger partial charge in [0.05, 0.1) is 12.0 Å². The highest BCUT2D eigenvalue weighted by Crippen LogP contribution is 2.23. The van der Waals surface area contributed by atoms with Crippen LogP contribution in [0.1, 0.15) is 12.0 Å². The van der Waals surface area contributed by atoms with Crippen molar-refractivity contribution in [3.05, 3.63) is 53.4 Å². The molecule has 0 spiro atoms.